The van der Waals surface area contributed by atoms with Gasteiger partial charge in [0.05, 0.1) is 18.2 Å². The van der Waals surface area contributed by atoms with E-state index in [4.69, 9.17) is 10.4 Å². The summed E-state index contributed by atoms with van der Waals surface area (Å²) >= 11 is 0. The van der Waals surface area contributed by atoms with Crippen molar-refractivity contribution in [2.45, 2.75) is 57.4 Å². The summed E-state index contributed by atoms with van der Waals surface area (Å²) in [5.41, 5.74) is 2.05. The highest BCUT2D eigenvalue weighted by atomic mass is 16.2. The highest BCUT2D eigenvalue weighted by molar-refractivity contribution is 5.20. The molecule has 1 saturated carbocycles. The molecule has 0 bridgehead atoms. The highest BCUT2D eigenvalue weighted by Crippen LogP contribution is 2.37. The summed E-state index contributed by atoms with van der Waals surface area (Å²) in [6, 6.07) is 2.17. The van der Waals surface area contributed by atoms with Crippen LogP contribution in [0.4, 0.5) is 0 Å². The minimum Gasteiger partial charge on any atom is -0.396 e. The van der Waals surface area contributed by atoms with Crippen molar-refractivity contribution in [3.05, 3.63) is 11.4 Å². The second-order valence-corrected chi connectivity index (χ2v) is 4.89. The second-order valence-electron chi connectivity index (χ2n) is 4.89. The van der Waals surface area contributed by atoms with E-state index in [0.29, 0.717) is 12.3 Å². The summed E-state index contributed by atoms with van der Waals surface area (Å²) in [5.74, 6) is 0.557. The van der Waals surface area contributed by atoms with Crippen LogP contribution in [0.1, 0.15) is 55.8 Å². The van der Waals surface area contributed by atoms with E-state index in [1.165, 1.54) is 25.0 Å². The maximum atomic E-state index is 8.82. The summed E-state index contributed by atoms with van der Waals surface area (Å²) in [7, 11) is 0. The van der Waals surface area contributed by atoms with Crippen molar-refractivity contribution in [1.29, 1.82) is 5.26 Å². The molecule has 5 nitrogen and oxygen atoms in total. The van der Waals surface area contributed by atoms with E-state index in [1.807, 2.05) is 4.68 Å². The van der Waals surface area contributed by atoms with Gasteiger partial charge in [0.2, 0.25) is 0 Å². The molecule has 1 heterocycles. The summed E-state index contributed by atoms with van der Waals surface area (Å²) in [4.78, 5) is 0. The number of unbranched alkanes of at least 4 members (excludes halogenated alkanes) is 2. The topological polar surface area (TPSA) is 74.7 Å². The van der Waals surface area contributed by atoms with E-state index in [9.17, 15) is 0 Å². The molecule has 0 atom stereocenters. The van der Waals surface area contributed by atoms with Gasteiger partial charge in [0.25, 0.3) is 0 Å². The molecule has 0 aromatic carbocycles. The molecule has 1 aliphatic carbocycles. The fraction of sp³-hybridized carbons (Fsp3) is 0.769. The van der Waals surface area contributed by atoms with E-state index in [0.717, 1.165) is 31.5 Å². The lowest BCUT2D eigenvalue weighted by atomic mass is 9.81. The quantitative estimate of drug-likeness (QED) is 0.746. The Morgan fingerprint density at radius 1 is 1.33 bits per heavy atom. The molecule has 0 saturated heterocycles. The lowest BCUT2D eigenvalue weighted by Gasteiger charge is -2.26. The zero-order chi connectivity index (χ0) is 12.8. The van der Waals surface area contributed by atoms with E-state index >= 15 is 0 Å². The zero-order valence-electron chi connectivity index (χ0n) is 10.7. The molecule has 1 fully saturated rings. The molecule has 0 radical (unpaired) electrons. The Hall–Kier alpha value is -1.41. The number of hydrogen-bond acceptors (Lipinski definition) is 4. The lowest BCUT2D eigenvalue weighted by Crippen LogP contribution is -2.17. The monoisotopic (exact) mass is 248 g/mol. The first-order chi connectivity index (χ1) is 8.86. The zero-order valence-corrected chi connectivity index (χ0v) is 10.7. The Morgan fingerprint density at radius 3 is 2.78 bits per heavy atom. The standard InChI is InChI=1S/C13H20N4O/c14-8-7-12-13(11-5-4-6-11)17(16-15-12)9-2-1-3-10-18/h11,18H,1-7,9-10H2. The van der Waals surface area contributed by atoms with Gasteiger partial charge in [0, 0.05) is 19.1 Å². The normalized spacial score (nSPS) is 15.3. The van der Waals surface area contributed by atoms with Crippen LogP contribution in [0.3, 0.4) is 0 Å². The minimum absolute atomic E-state index is 0.256. The fourth-order valence-corrected chi connectivity index (χ4v) is 2.40. The molecular formula is C13H20N4O. The summed E-state index contributed by atoms with van der Waals surface area (Å²) < 4.78 is 1.98. The van der Waals surface area contributed by atoms with E-state index < -0.39 is 0 Å². The Morgan fingerprint density at radius 2 is 2.17 bits per heavy atom. The third kappa shape index (κ3) is 2.88. The van der Waals surface area contributed by atoms with Gasteiger partial charge < -0.3 is 5.11 Å². The number of nitrogens with zero attached hydrogens (tertiary/aromatic N) is 4. The predicted octanol–water partition coefficient (Wildman–Crippen LogP) is 1.77. The number of aromatic nitrogens is 3. The second kappa shape index (κ2) is 6.50. The Labute approximate surface area is 107 Å². The average molecular weight is 248 g/mol. The van der Waals surface area contributed by atoms with Gasteiger partial charge in [0.15, 0.2) is 0 Å². The molecule has 0 aliphatic heterocycles. The molecule has 98 valence electrons. The molecule has 0 unspecified atom stereocenters. The van der Waals surface area contributed by atoms with Gasteiger partial charge in [-0.1, -0.05) is 11.6 Å². The van der Waals surface area contributed by atoms with Gasteiger partial charge in [-0.25, -0.2) is 4.68 Å². The van der Waals surface area contributed by atoms with Crippen LogP contribution in [0.5, 0.6) is 0 Å². The first kappa shape index (κ1) is 13.0. The molecule has 1 aromatic heterocycles. The molecule has 1 aliphatic rings. The summed E-state index contributed by atoms with van der Waals surface area (Å²) in [6.07, 6.45) is 6.89. The SMILES string of the molecule is N#CCc1nnn(CCCCCO)c1C1CCC1. The number of nitriles is 1. The molecule has 0 spiro atoms. The number of rotatable bonds is 7. The van der Waals surface area contributed by atoms with Crippen LogP contribution < -0.4 is 0 Å². The van der Waals surface area contributed by atoms with Crippen molar-refractivity contribution < 1.29 is 5.11 Å². The van der Waals surface area contributed by atoms with Gasteiger partial charge in [-0.15, -0.1) is 5.10 Å². The van der Waals surface area contributed by atoms with Crippen LogP contribution >= 0.6 is 0 Å². The van der Waals surface area contributed by atoms with Crippen molar-refractivity contribution in [3.63, 3.8) is 0 Å². The van der Waals surface area contributed by atoms with Crippen molar-refractivity contribution in [2.24, 2.45) is 0 Å². The first-order valence-electron chi connectivity index (χ1n) is 6.77. The summed E-state index contributed by atoms with van der Waals surface area (Å²) in [5, 5.41) is 25.9. The number of hydrogen-bond donors (Lipinski definition) is 1. The molecule has 2 rings (SSSR count). The lowest BCUT2D eigenvalue weighted by molar-refractivity contribution is 0.280. The van der Waals surface area contributed by atoms with Crippen molar-refractivity contribution in [3.8, 4) is 6.07 Å². The largest absolute Gasteiger partial charge is 0.396 e. The first-order valence-corrected chi connectivity index (χ1v) is 6.77. The van der Waals surface area contributed by atoms with Gasteiger partial charge >= 0.3 is 0 Å². The predicted molar refractivity (Wildman–Crippen MR) is 66.9 cm³/mol. The number of aliphatic hydroxyl groups excluding tert-OH is 1. The van der Waals surface area contributed by atoms with Crippen molar-refractivity contribution in [1.82, 2.24) is 15.0 Å². The summed E-state index contributed by atoms with van der Waals surface area (Å²) in [6.45, 7) is 1.11. The maximum Gasteiger partial charge on any atom is 0.100 e. The molecule has 18 heavy (non-hydrogen) atoms. The van der Waals surface area contributed by atoms with Gasteiger partial charge in [-0.05, 0) is 32.1 Å². The number of aliphatic hydroxyl groups is 1. The van der Waals surface area contributed by atoms with Crippen LogP contribution in [0.2, 0.25) is 0 Å². The molecule has 1 N–H and O–H groups in total. The highest BCUT2D eigenvalue weighted by Gasteiger charge is 2.27. The maximum absolute atomic E-state index is 8.82. The van der Waals surface area contributed by atoms with Crippen LogP contribution in [0.25, 0.3) is 0 Å². The molecule has 5 heteroatoms. The van der Waals surface area contributed by atoms with Gasteiger partial charge in [-0.2, -0.15) is 5.26 Å². The molecule has 0 amide bonds. The Bertz CT molecular complexity index is 417. The van der Waals surface area contributed by atoms with Crippen LogP contribution in [0.15, 0.2) is 0 Å². The number of aryl methyl sites for hydroxylation is 1. The van der Waals surface area contributed by atoms with E-state index in [1.54, 1.807) is 0 Å². The van der Waals surface area contributed by atoms with Crippen molar-refractivity contribution in [2.75, 3.05) is 6.61 Å². The minimum atomic E-state index is 0.256. The molecular weight excluding hydrogens is 228 g/mol. The third-order valence-electron chi connectivity index (χ3n) is 3.61. The van der Waals surface area contributed by atoms with Crippen molar-refractivity contribution >= 4 is 0 Å². The van der Waals surface area contributed by atoms with E-state index in [-0.39, 0.29) is 6.61 Å². The Kier molecular flexibility index (Phi) is 4.71. The third-order valence-corrected chi connectivity index (χ3v) is 3.61. The smallest absolute Gasteiger partial charge is 0.100 e. The Balaban J connectivity index is 2.02. The van der Waals surface area contributed by atoms with Crippen LogP contribution in [-0.2, 0) is 13.0 Å². The van der Waals surface area contributed by atoms with Gasteiger partial charge in [-0.3, -0.25) is 0 Å². The molecule has 1 aromatic rings. The average Bonchev–Trinajstić information content (AvgIpc) is 2.67. The van der Waals surface area contributed by atoms with Crippen LogP contribution in [0, 0.1) is 11.3 Å². The van der Waals surface area contributed by atoms with Crippen LogP contribution in [-0.4, -0.2) is 26.7 Å². The van der Waals surface area contributed by atoms with E-state index in [2.05, 4.69) is 16.4 Å². The van der Waals surface area contributed by atoms with Gasteiger partial charge in [0.1, 0.15) is 5.69 Å². The fourth-order valence-electron chi connectivity index (χ4n) is 2.40.